The van der Waals surface area contributed by atoms with Crippen molar-refractivity contribution >= 4 is 6.03 Å². The average Bonchev–Trinajstić information content (AvgIpc) is 2.46. The number of nitrogens with two attached hydrogens (primary N) is 1. The van der Waals surface area contributed by atoms with Crippen molar-refractivity contribution in [1.29, 1.82) is 0 Å². The number of aliphatic hydroxyl groups excluding tert-OH is 1. The molecular weight excluding hydrogens is 242 g/mol. The minimum atomic E-state index is -0.490. The fourth-order valence-electron chi connectivity index (χ4n) is 2.38. The number of carbonyl (C=O) groups is 1. The second-order valence-corrected chi connectivity index (χ2v) is 4.93. The van der Waals surface area contributed by atoms with Crippen molar-refractivity contribution in [2.45, 2.75) is 25.0 Å². The van der Waals surface area contributed by atoms with E-state index in [2.05, 4.69) is 5.32 Å². The molecule has 1 aliphatic rings. The van der Waals surface area contributed by atoms with Crippen LogP contribution in [0, 0.1) is 0 Å². The third kappa shape index (κ3) is 3.94. The maximum Gasteiger partial charge on any atom is 0.314 e. The van der Waals surface area contributed by atoms with Gasteiger partial charge in [-0.25, -0.2) is 4.79 Å². The number of nitrogens with zero attached hydrogens (tertiary/aromatic N) is 1. The SMILES string of the molecule is NC(=O)N1CCC(NCC(O)c2ccccc2)CC1. The van der Waals surface area contributed by atoms with E-state index in [1.807, 2.05) is 30.3 Å². The van der Waals surface area contributed by atoms with Gasteiger partial charge in [0.1, 0.15) is 0 Å². The van der Waals surface area contributed by atoms with Gasteiger partial charge in [0, 0.05) is 25.7 Å². The summed E-state index contributed by atoms with van der Waals surface area (Å²) in [4.78, 5) is 12.7. The molecule has 0 spiro atoms. The van der Waals surface area contributed by atoms with Crippen LogP contribution in [-0.4, -0.2) is 41.7 Å². The van der Waals surface area contributed by atoms with Crippen LogP contribution in [-0.2, 0) is 0 Å². The first-order valence-corrected chi connectivity index (χ1v) is 6.67. The summed E-state index contributed by atoms with van der Waals surface area (Å²) in [6.45, 7) is 1.91. The van der Waals surface area contributed by atoms with Crippen molar-refractivity contribution in [3.8, 4) is 0 Å². The van der Waals surface area contributed by atoms with E-state index in [0.29, 0.717) is 25.7 Å². The lowest BCUT2D eigenvalue weighted by molar-refractivity contribution is 0.154. The Labute approximate surface area is 113 Å². The molecule has 1 aromatic rings. The van der Waals surface area contributed by atoms with Crippen LogP contribution in [0.5, 0.6) is 0 Å². The lowest BCUT2D eigenvalue weighted by Crippen LogP contribution is -2.47. The summed E-state index contributed by atoms with van der Waals surface area (Å²) in [7, 11) is 0. The quantitative estimate of drug-likeness (QED) is 0.753. The largest absolute Gasteiger partial charge is 0.387 e. The molecule has 0 bridgehead atoms. The van der Waals surface area contributed by atoms with Crippen molar-refractivity contribution in [1.82, 2.24) is 10.2 Å². The molecule has 1 aromatic carbocycles. The van der Waals surface area contributed by atoms with Gasteiger partial charge in [0.2, 0.25) is 0 Å². The van der Waals surface area contributed by atoms with Crippen LogP contribution in [0.25, 0.3) is 0 Å². The number of hydrogen-bond donors (Lipinski definition) is 3. The molecule has 5 nitrogen and oxygen atoms in total. The van der Waals surface area contributed by atoms with Gasteiger partial charge in [-0.05, 0) is 18.4 Å². The van der Waals surface area contributed by atoms with Crippen molar-refractivity contribution in [2.24, 2.45) is 5.73 Å². The summed E-state index contributed by atoms with van der Waals surface area (Å²) in [5.41, 5.74) is 6.16. The van der Waals surface area contributed by atoms with Crippen LogP contribution >= 0.6 is 0 Å². The summed E-state index contributed by atoms with van der Waals surface area (Å²) in [5, 5.41) is 13.4. The number of amides is 2. The van der Waals surface area contributed by atoms with Crippen molar-refractivity contribution in [3.63, 3.8) is 0 Å². The molecule has 0 aliphatic carbocycles. The zero-order chi connectivity index (χ0) is 13.7. The fraction of sp³-hybridized carbons (Fsp3) is 0.500. The third-order valence-corrected chi connectivity index (χ3v) is 3.59. The monoisotopic (exact) mass is 263 g/mol. The fourth-order valence-corrected chi connectivity index (χ4v) is 2.38. The van der Waals surface area contributed by atoms with Crippen LogP contribution in [0.3, 0.4) is 0 Å². The standard InChI is InChI=1S/C14H21N3O2/c15-14(19)17-8-6-12(7-9-17)16-10-13(18)11-4-2-1-3-5-11/h1-5,12-13,16,18H,6-10H2,(H2,15,19). The number of piperidine rings is 1. The van der Waals surface area contributed by atoms with Gasteiger partial charge in [0.05, 0.1) is 6.10 Å². The zero-order valence-electron chi connectivity index (χ0n) is 11.0. The highest BCUT2D eigenvalue weighted by molar-refractivity contribution is 5.72. The molecule has 19 heavy (non-hydrogen) atoms. The van der Waals surface area contributed by atoms with E-state index in [0.717, 1.165) is 18.4 Å². The summed E-state index contributed by atoms with van der Waals surface area (Å²) >= 11 is 0. The first-order chi connectivity index (χ1) is 9.16. The summed E-state index contributed by atoms with van der Waals surface area (Å²) < 4.78 is 0. The third-order valence-electron chi connectivity index (χ3n) is 3.59. The van der Waals surface area contributed by atoms with Crippen molar-refractivity contribution < 1.29 is 9.90 Å². The van der Waals surface area contributed by atoms with E-state index < -0.39 is 6.10 Å². The Hall–Kier alpha value is -1.59. The van der Waals surface area contributed by atoms with Gasteiger partial charge in [-0.15, -0.1) is 0 Å². The Morgan fingerprint density at radius 1 is 1.37 bits per heavy atom. The number of rotatable bonds is 4. The normalized spacial score (nSPS) is 18.3. The molecule has 1 saturated heterocycles. The minimum absolute atomic E-state index is 0.342. The number of primary amides is 1. The van der Waals surface area contributed by atoms with Gasteiger partial charge < -0.3 is 21.1 Å². The van der Waals surface area contributed by atoms with Crippen molar-refractivity contribution in [3.05, 3.63) is 35.9 Å². The highest BCUT2D eigenvalue weighted by Gasteiger charge is 2.21. The van der Waals surface area contributed by atoms with E-state index in [1.165, 1.54) is 0 Å². The molecule has 104 valence electrons. The zero-order valence-corrected chi connectivity index (χ0v) is 11.0. The predicted molar refractivity (Wildman–Crippen MR) is 73.6 cm³/mol. The number of benzene rings is 1. The topological polar surface area (TPSA) is 78.6 Å². The lowest BCUT2D eigenvalue weighted by atomic mass is 10.0. The Bertz CT molecular complexity index is 402. The molecule has 2 rings (SSSR count). The van der Waals surface area contributed by atoms with E-state index in [4.69, 9.17) is 5.73 Å². The number of hydrogen-bond acceptors (Lipinski definition) is 3. The molecule has 0 radical (unpaired) electrons. The smallest absolute Gasteiger partial charge is 0.314 e. The van der Waals surface area contributed by atoms with Gasteiger partial charge >= 0.3 is 6.03 Å². The molecule has 1 aliphatic heterocycles. The lowest BCUT2D eigenvalue weighted by Gasteiger charge is -2.31. The van der Waals surface area contributed by atoms with Gasteiger partial charge in [0.15, 0.2) is 0 Å². The molecule has 0 aromatic heterocycles. The maximum absolute atomic E-state index is 11.0. The predicted octanol–water partition coefficient (Wildman–Crippen LogP) is 0.853. The van der Waals surface area contributed by atoms with Crippen LogP contribution < -0.4 is 11.1 Å². The molecule has 1 heterocycles. The average molecular weight is 263 g/mol. The van der Waals surface area contributed by atoms with Gasteiger partial charge in [0.25, 0.3) is 0 Å². The van der Waals surface area contributed by atoms with Crippen LogP contribution in [0.1, 0.15) is 24.5 Å². The number of urea groups is 1. The Balaban J connectivity index is 1.73. The van der Waals surface area contributed by atoms with E-state index in [-0.39, 0.29) is 6.03 Å². The van der Waals surface area contributed by atoms with Gasteiger partial charge in [-0.3, -0.25) is 0 Å². The first-order valence-electron chi connectivity index (χ1n) is 6.67. The molecular formula is C14H21N3O2. The van der Waals surface area contributed by atoms with Gasteiger partial charge in [-0.2, -0.15) is 0 Å². The van der Waals surface area contributed by atoms with Gasteiger partial charge in [-0.1, -0.05) is 30.3 Å². The molecule has 0 saturated carbocycles. The molecule has 1 unspecified atom stereocenters. The molecule has 5 heteroatoms. The highest BCUT2D eigenvalue weighted by atomic mass is 16.3. The molecule has 1 fully saturated rings. The summed E-state index contributed by atoms with van der Waals surface area (Å²) in [5.74, 6) is 0. The van der Waals surface area contributed by atoms with E-state index in [1.54, 1.807) is 4.90 Å². The van der Waals surface area contributed by atoms with E-state index in [9.17, 15) is 9.90 Å². The van der Waals surface area contributed by atoms with Crippen LogP contribution in [0.4, 0.5) is 4.79 Å². The highest BCUT2D eigenvalue weighted by Crippen LogP contribution is 2.14. The Morgan fingerprint density at radius 3 is 2.58 bits per heavy atom. The number of nitrogens with one attached hydrogen (secondary N) is 1. The summed E-state index contributed by atoms with van der Waals surface area (Å²) in [6.07, 6.45) is 1.27. The number of aliphatic hydroxyl groups is 1. The second-order valence-electron chi connectivity index (χ2n) is 4.93. The number of carbonyl (C=O) groups excluding carboxylic acids is 1. The second kappa shape index (κ2) is 6.54. The Morgan fingerprint density at radius 2 is 2.00 bits per heavy atom. The van der Waals surface area contributed by atoms with Crippen LogP contribution in [0.15, 0.2) is 30.3 Å². The molecule has 1 atom stereocenters. The van der Waals surface area contributed by atoms with Crippen LogP contribution in [0.2, 0.25) is 0 Å². The Kier molecular flexibility index (Phi) is 4.76. The maximum atomic E-state index is 11.0. The van der Waals surface area contributed by atoms with Crippen molar-refractivity contribution in [2.75, 3.05) is 19.6 Å². The van der Waals surface area contributed by atoms with E-state index >= 15 is 0 Å². The summed E-state index contributed by atoms with van der Waals surface area (Å²) in [6, 6.07) is 9.61. The first kappa shape index (κ1) is 13.8. The molecule has 2 amide bonds. The number of likely N-dealkylation sites (tertiary alicyclic amines) is 1. The minimum Gasteiger partial charge on any atom is -0.387 e. The molecule has 4 N–H and O–H groups in total.